The average Bonchev–Trinajstić information content (AvgIpc) is 2.95. The van der Waals surface area contributed by atoms with Gasteiger partial charge in [-0.15, -0.1) is 0 Å². The number of nitrogens with one attached hydrogen (secondary N) is 1. The topological polar surface area (TPSA) is 102 Å². The van der Waals surface area contributed by atoms with E-state index in [9.17, 15) is 14.4 Å². The van der Waals surface area contributed by atoms with Crippen molar-refractivity contribution >= 4 is 17.8 Å². The van der Waals surface area contributed by atoms with Gasteiger partial charge in [0.25, 0.3) is 5.91 Å². The molecule has 1 N–H and O–H groups in total. The average molecular weight is 323 g/mol. The molecular formula is C15H21N3O5. The number of hydrogen-bond acceptors (Lipinski definition) is 6. The van der Waals surface area contributed by atoms with E-state index in [4.69, 9.17) is 9.26 Å². The Morgan fingerprint density at radius 1 is 1.57 bits per heavy atom. The third kappa shape index (κ3) is 4.08. The molecule has 2 rings (SSSR count). The van der Waals surface area contributed by atoms with E-state index in [0.29, 0.717) is 25.2 Å². The predicted molar refractivity (Wildman–Crippen MR) is 79.5 cm³/mol. The fourth-order valence-electron chi connectivity index (χ4n) is 2.28. The van der Waals surface area contributed by atoms with Crippen LogP contribution in [0, 0.1) is 6.92 Å². The van der Waals surface area contributed by atoms with Crippen LogP contribution < -0.4 is 5.32 Å². The first-order valence-electron chi connectivity index (χ1n) is 7.63. The van der Waals surface area contributed by atoms with Crippen molar-refractivity contribution in [3.05, 3.63) is 17.5 Å². The molecular weight excluding hydrogens is 302 g/mol. The molecule has 0 bridgehead atoms. The number of rotatable bonds is 5. The number of amides is 2. The Morgan fingerprint density at radius 2 is 2.30 bits per heavy atom. The van der Waals surface area contributed by atoms with Crippen molar-refractivity contribution in [3.8, 4) is 0 Å². The van der Waals surface area contributed by atoms with E-state index in [1.807, 2.05) is 6.92 Å². The fraction of sp³-hybridized carbons (Fsp3) is 0.600. The Kier molecular flexibility index (Phi) is 5.36. The molecule has 8 heteroatoms. The Morgan fingerprint density at radius 3 is 2.91 bits per heavy atom. The van der Waals surface area contributed by atoms with Crippen LogP contribution in [0.4, 0.5) is 0 Å². The summed E-state index contributed by atoms with van der Waals surface area (Å²) in [5.74, 6) is -1.28. The Hall–Kier alpha value is -2.38. The first-order chi connectivity index (χ1) is 10.9. The second-order valence-corrected chi connectivity index (χ2v) is 5.55. The lowest BCUT2D eigenvalue weighted by atomic mass is 10.1. The van der Waals surface area contributed by atoms with Gasteiger partial charge >= 0.3 is 5.97 Å². The van der Waals surface area contributed by atoms with E-state index in [1.54, 1.807) is 13.8 Å². The number of nitrogens with zero attached hydrogens (tertiary/aromatic N) is 2. The molecule has 2 unspecified atom stereocenters. The van der Waals surface area contributed by atoms with E-state index in [1.165, 1.54) is 11.0 Å². The first-order valence-corrected chi connectivity index (χ1v) is 7.63. The van der Waals surface area contributed by atoms with Crippen LogP contribution in [0.1, 0.15) is 42.9 Å². The van der Waals surface area contributed by atoms with Crippen molar-refractivity contribution in [2.75, 3.05) is 13.1 Å². The van der Waals surface area contributed by atoms with Gasteiger partial charge in [0, 0.05) is 19.2 Å². The number of aromatic nitrogens is 1. The lowest BCUT2D eigenvalue weighted by molar-refractivity contribution is -0.151. The first kappa shape index (κ1) is 17.0. The summed E-state index contributed by atoms with van der Waals surface area (Å²) in [4.78, 5) is 37.9. The second-order valence-electron chi connectivity index (χ2n) is 5.55. The van der Waals surface area contributed by atoms with Crippen LogP contribution in [0.15, 0.2) is 10.6 Å². The Bertz CT molecular complexity index is 598. The minimum Gasteiger partial charge on any atom is -0.463 e. The summed E-state index contributed by atoms with van der Waals surface area (Å²) in [5, 5.41) is 6.33. The molecule has 2 atom stereocenters. The zero-order valence-corrected chi connectivity index (χ0v) is 13.5. The monoisotopic (exact) mass is 323 g/mol. The quantitative estimate of drug-likeness (QED) is 0.799. The number of esters is 1. The molecule has 1 fully saturated rings. The van der Waals surface area contributed by atoms with Crippen molar-refractivity contribution in [2.45, 2.75) is 45.8 Å². The number of ether oxygens (including phenoxy) is 1. The van der Waals surface area contributed by atoms with Gasteiger partial charge in [-0.05, 0) is 20.3 Å². The Balaban J connectivity index is 2.11. The number of aryl methyl sites for hydroxylation is 1. The molecule has 0 saturated carbocycles. The highest BCUT2D eigenvalue weighted by Gasteiger charge is 2.37. The molecule has 2 heterocycles. The van der Waals surface area contributed by atoms with Gasteiger partial charge in [-0.25, -0.2) is 0 Å². The van der Waals surface area contributed by atoms with Crippen LogP contribution in [-0.2, 0) is 14.3 Å². The van der Waals surface area contributed by atoms with Crippen molar-refractivity contribution in [2.24, 2.45) is 0 Å². The number of piperazine rings is 1. The highest BCUT2D eigenvalue weighted by atomic mass is 16.5. The third-order valence-corrected chi connectivity index (χ3v) is 3.70. The summed E-state index contributed by atoms with van der Waals surface area (Å²) in [6, 6.07) is 0.599. The molecule has 23 heavy (non-hydrogen) atoms. The molecule has 8 nitrogen and oxygen atoms in total. The van der Waals surface area contributed by atoms with Crippen LogP contribution in [-0.4, -0.2) is 53.1 Å². The second kappa shape index (κ2) is 7.26. The third-order valence-electron chi connectivity index (χ3n) is 3.70. The molecule has 0 aromatic carbocycles. The maximum absolute atomic E-state index is 12.5. The molecule has 1 aromatic rings. The van der Waals surface area contributed by atoms with Crippen LogP contribution in [0.25, 0.3) is 0 Å². The molecule has 1 aliphatic rings. The lowest BCUT2D eigenvalue weighted by Gasteiger charge is -2.33. The van der Waals surface area contributed by atoms with Gasteiger partial charge in [0.2, 0.25) is 11.7 Å². The van der Waals surface area contributed by atoms with Gasteiger partial charge < -0.3 is 19.5 Å². The van der Waals surface area contributed by atoms with Gasteiger partial charge in [0.05, 0.1) is 18.2 Å². The highest BCUT2D eigenvalue weighted by molar-refractivity contribution is 5.97. The van der Waals surface area contributed by atoms with E-state index >= 15 is 0 Å². The smallest absolute Gasteiger partial charge is 0.308 e. The van der Waals surface area contributed by atoms with Gasteiger partial charge in [0.1, 0.15) is 6.04 Å². The summed E-state index contributed by atoms with van der Waals surface area (Å²) in [5.41, 5.74) is 0.572. The summed E-state index contributed by atoms with van der Waals surface area (Å²) in [6.45, 7) is 6.00. The normalized spacial score (nSPS) is 19.2. The van der Waals surface area contributed by atoms with Crippen molar-refractivity contribution in [3.63, 3.8) is 0 Å². The molecule has 0 radical (unpaired) electrons. The van der Waals surface area contributed by atoms with Crippen LogP contribution in [0.2, 0.25) is 0 Å². The standard InChI is InChI=1S/C15H21N3O5/c1-4-10(3)22-13(19)8-11-14(20)16-5-6-18(11)15(21)12-7-9(2)17-23-12/h7,10-11H,4-6,8H2,1-3H3,(H,16,20). The lowest BCUT2D eigenvalue weighted by Crippen LogP contribution is -2.57. The zero-order chi connectivity index (χ0) is 17.0. The molecule has 0 spiro atoms. The largest absolute Gasteiger partial charge is 0.463 e. The highest BCUT2D eigenvalue weighted by Crippen LogP contribution is 2.16. The minimum absolute atomic E-state index is 0.0532. The van der Waals surface area contributed by atoms with Crippen molar-refractivity contribution in [1.29, 1.82) is 0 Å². The zero-order valence-electron chi connectivity index (χ0n) is 13.5. The molecule has 126 valence electrons. The summed E-state index contributed by atoms with van der Waals surface area (Å²) in [7, 11) is 0. The summed E-state index contributed by atoms with van der Waals surface area (Å²) < 4.78 is 10.2. The number of carbonyl (C=O) groups excluding carboxylic acids is 3. The Labute approximate surface area is 134 Å². The van der Waals surface area contributed by atoms with E-state index in [0.717, 1.165) is 0 Å². The van der Waals surface area contributed by atoms with Crippen LogP contribution in [0.5, 0.6) is 0 Å². The maximum Gasteiger partial charge on any atom is 0.308 e. The van der Waals surface area contributed by atoms with Crippen LogP contribution in [0.3, 0.4) is 0 Å². The molecule has 0 aliphatic carbocycles. The van der Waals surface area contributed by atoms with E-state index < -0.39 is 17.9 Å². The molecule has 2 amide bonds. The number of carbonyl (C=O) groups is 3. The van der Waals surface area contributed by atoms with Crippen LogP contribution >= 0.6 is 0 Å². The number of hydrogen-bond donors (Lipinski definition) is 1. The summed E-state index contributed by atoms with van der Waals surface area (Å²) >= 11 is 0. The van der Waals surface area contributed by atoms with E-state index in [2.05, 4.69) is 10.5 Å². The van der Waals surface area contributed by atoms with Gasteiger partial charge in [0.15, 0.2) is 0 Å². The van der Waals surface area contributed by atoms with Crippen molar-refractivity contribution < 1.29 is 23.6 Å². The van der Waals surface area contributed by atoms with E-state index in [-0.39, 0.29) is 24.2 Å². The van der Waals surface area contributed by atoms with Gasteiger partial charge in [-0.2, -0.15) is 0 Å². The molecule has 1 aliphatic heterocycles. The SMILES string of the molecule is CCC(C)OC(=O)CC1C(=O)NCCN1C(=O)c1cc(C)no1. The molecule has 1 aromatic heterocycles. The minimum atomic E-state index is -0.904. The molecule has 1 saturated heterocycles. The maximum atomic E-state index is 12.5. The summed E-state index contributed by atoms with van der Waals surface area (Å²) in [6.07, 6.45) is 0.271. The van der Waals surface area contributed by atoms with Gasteiger partial charge in [-0.1, -0.05) is 12.1 Å². The predicted octanol–water partition coefficient (Wildman–Crippen LogP) is 0.655. The fourth-order valence-corrected chi connectivity index (χ4v) is 2.28. The van der Waals surface area contributed by atoms with Gasteiger partial charge in [-0.3, -0.25) is 14.4 Å². The van der Waals surface area contributed by atoms with Crippen molar-refractivity contribution in [1.82, 2.24) is 15.4 Å².